The smallest absolute Gasteiger partial charge is 0.119 e. The summed E-state index contributed by atoms with van der Waals surface area (Å²) in [7, 11) is 1.70. The summed E-state index contributed by atoms with van der Waals surface area (Å²) in [6.45, 7) is 6.90. The van der Waals surface area contributed by atoms with Crippen molar-refractivity contribution in [2.45, 2.75) is 38.5 Å². The Bertz CT molecular complexity index is 423. The van der Waals surface area contributed by atoms with Crippen LogP contribution in [0.3, 0.4) is 0 Å². The Balaban J connectivity index is 2.21. The molecule has 0 saturated carbocycles. The van der Waals surface area contributed by atoms with Gasteiger partial charge in [0.15, 0.2) is 0 Å². The van der Waals surface area contributed by atoms with Crippen molar-refractivity contribution in [1.29, 1.82) is 0 Å². The molecular formula is C16H26N2O2. The molecule has 1 aromatic carbocycles. The van der Waals surface area contributed by atoms with Crippen LogP contribution in [0.5, 0.6) is 5.75 Å². The first kappa shape index (κ1) is 15.3. The van der Waals surface area contributed by atoms with Gasteiger partial charge in [0.05, 0.1) is 19.8 Å². The largest absolute Gasteiger partial charge is 0.497 e. The fraction of sp³-hybridized carbons (Fsp3) is 0.625. The molecule has 0 radical (unpaired) electrons. The van der Waals surface area contributed by atoms with Gasteiger partial charge in [-0.2, -0.15) is 0 Å². The lowest BCUT2D eigenvalue weighted by molar-refractivity contribution is -0.0477. The van der Waals surface area contributed by atoms with Crippen molar-refractivity contribution >= 4 is 0 Å². The Hall–Kier alpha value is -1.10. The third-order valence-electron chi connectivity index (χ3n) is 3.95. The van der Waals surface area contributed by atoms with E-state index in [-0.39, 0.29) is 12.1 Å². The summed E-state index contributed by atoms with van der Waals surface area (Å²) in [4.78, 5) is 2.44. The van der Waals surface area contributed by atoms with Crippen molar-refractivity contribution in [3.8, 4) is 5.75 Å². The van der Waals surface area contributed by atoms with Crippen LogP contribution in [0.25, 0.3) is 0 Å². The van der Waals surface area contributed by atoms with E-state index in [1.54, 1.807) is 7.11 Å². The first-order valence-electron chi connectivity index (χ1n) is 7.41. The molecule has 2 N–H and O–H groups in total. The van der Waals surface area contributed by atoms with Crippen molar-refractivity contribution < 1.29 is 9.47 Å². The number of morpholine rings is 1. The van der Waals surface area contributed by atoms with E-state index in [2.05, 4.69) is 30.9 Å². The van der Waals surface area contributed by atoms with Crippen molar-refractivity contribution in [1.82, 2.24) is 4.90 Å². The minimum atomic E-state index is 0.0673. The predicted molar refractivity (Wildman–Crippen MR) is 81.0 cm³/mol. The number of nitrogens with zero attached hydrogens (tertiary/aromatic N) is 1. The van der Waals surface area contributed by atoms with Gasteiger partial charge < -0.3 is 15.2 Å². The Morgan fingerprint density at radius 2 is 2.30 bits per heavy atom. The molecule has 0 aliphatic carbocycles. The van der Waals surface area contributed by atoms with E-state index < -0.39 is 0 Å². The van der Waals surface area contributed by atoms with Crippen LogP contribution in [0.1, 0.15) is 31.9 Å². The van der Waals surface area contributed by atoms with E-state index in [9.17, 15) is 0 Å². The molecule has 0 aromatic heterocycles. The Morgan fingerprint density at radius 1 is 1.50 bits per heavy atom. The molecule has 2 rings (SSSR count). The highest BCUT2D eigenvalue weighted by atomic mass is 16.5. The minimum Gasteiger partial charge on any atom is -0.497 e. The fourth-order valence-corrected chi connectivity index (χ4v) is 2.91. The second-order valence-electron chi connectivity index (χ2n) is 5.48. The second-order valence-corrected chi connectivity index (χ2v) is 5.48. The average Bonchev–Trinajstić information content (AvgIpc) is 2.47. The summed E-state index contributed by atoms with van der Waals surface area (Å²) in [6, 6.07) is 8.50. The van der Waals surface area contributed by atoms with Crippen LogP contribution in [0.2, 0.25) is 0 Å². The molecule has 4 heteroatoms. The summed E-state index contributed by atoms with van der Waals surface area (Å²) in [5.74, 6) is 0.883. The first-order chi connectivity index (χ1) is 9.65. The first-order valence-corrected chi connectivity index (χ1v) is 7.41. The molecule has 112 valence electrons. The van der Waals surface area contributed by atoms with Crippen LogP contribution in [-0.2, 0) is 4.74 Å². The molecule has 0 bridgehead atoms. The average molecular weight is 278 g/mol. The van der Waals surface area contributed by atoms with Gasteiger partial charge >= 0.3 is 0 Å². The summed E-state index contributed by atoms with van der Waals surface area (Å²) in [6.07, 6.45) is 1.36. The molecule has 3 unspecified atom stereocenters. The summed E-state index contributed by atoms with van der Waals surface area (Å²) in [5, 5.41) is 0. The zero-order valence-electron chi connectivity index (χ0n) is 12.7. The van der Waals surface area contributed by atoms with Gasteiger partial charge in [0, 0.05) is 25.2 Å². The van der Waals surface area contributed by atoms with Crippen LogP contribution < -0.4 is 10.5 Å². The summed E-state index contributed by atoms with van der Waals surface area (Å²) < 4.78 is 11.1. The third-order valence-corrected chi connectivity index (χ3v) is 3.95. The van der Waals surface area contributed by atoms with E-state index in [4.69, 9.17) is 15.2 Å². The van der Waals surface area contributed by atoms with Gasteiger partial charge in [0.2, 0.25) is 0 Å². The van der Waals surface area contributed by atoms with E-state index >= 15 is 0 Å². The molecule has 1 fully saturated rings. The van der Waals surface area contributed by atoms with Crippen molar-refractivity contribution in [3.63, 3.8) is 0 Å². The van der Waals surface area contributed by atoms with Crippen LogP contribution >= 0.6 is 0 Å². The van der Waals surface area contributed by atoms with Gasteiger partial charge in [-0.1, -0.05) is 19.1 Å². The lowest BCUT2D eigenvalue weighted by Crippen LogP contribution is -2.48. The minimum absolute atomic E-state index is 0.0673. The molecule has 0 amide bonds. The van der Waals surface area contributed by atoms with Crippen molar-refractivity contribution in [2.24, 2.45) is 5.73 Å². The number of benzene rings is 1. The molecule has 1 aliphatic heterocycles. The number of nitrogens with two attached hydrogens (primary N) is 1. The highest BCUT2D eigenvalue weighted by Crippen LogP contribution is 2.28. The van der Waals surface area contributed by atoms with Gasteiger partial charge in [0.25, 0.3) is 0 Å². The Labute approximate surface area is 121 Å². The van der Waals surface area contributed by atoms with Gasteiger partial charge in [-0.15, -0.1) is 0 Å². The monoisotopic (exact) mass is 278 g/mol. The maximum atomic E-state index is 6.25. The van der Waals surface area contributed by atoms with Gasteiger partial charge in [0.1, 0.15) is 5.75 Å². The van der Waals surface area contributed by atoms with Gasteiger partial charge in [-0.25, -0.2) is 0 Å². The Morgan fingerprint density at radius 3 is 2.95 bits per heavy atom. The molecule has 1 saturated heterocycles. The van der Waals surface area contributed by atoms with E-state index in [1.165, 1.54) is 5.56 Å². The zero-order chi connectivity index (χ0) is 14.5. The fourth-order valence-electron chi connectivity index (χ4n) is 2.91. The normalized spacial score (nSPS) is 23.3. The van der Waals surface area contributed by atoms with Gasteiger partial charge in [-0.3, -0.25) is 4.90 Å². The highest BCUT2D eigenvalue weighted by Gasteiger charge is 2.29. The lowest BCUT2D eigenvalue weighted by Gasteiger charge is -2.40. The summed E-state index contributed by atoms with van der Waals surface area (Å²) >= 11 is 0. The van der Waals surface area contributed by atoms with E-state index in [1.807, 2.05) is 12.1 Å². The van der Waals surface area contributed by atoms with E-state index in [0.29, 0.717) is 6.10 Å². The van der Waals surface area contributed by atoms with Crippen LogP contribution in [-0.4, -0.2) is 43.9 Å². The quantitative estimate of drug-likeness (QED) is 0.897. The molecule has 3 atom stereocenters. The van der Waals surface area contributed by atoms with Crippen molar-refractivity contribution in [3.05, 3.63) is 29.8 Å². The SMILES string of the molecule is CCC1CN(C(c2cccc(OC)c2)C(C)N)CCO1. The maximum absolute atomic E-state index is 6.25. The predicted octanol–water partition coefficient (Wildman–Crippen LogP) is 2.19. The topological polar surface area (TPSA) is 47.7 Å². The van der Waals surface area contributed by atoms with Crippen LogP contribution in [0, 0.1) is 0 Å². The molecule has 1 heterocycles. The lowest BCUT2D eigenvalue weighted by atomic mass is 9.97. The summed E-state index contributed by atoms with van der Waals surface area (Å²) in [5.41, 5.74) is 7.47. The molecule has 1 aromatic rings. The Kier molecular flexibility index (Phi) is 5.40. The zero-order valence-corrected chi connectivity index (χ0v) is 12.7. The van der Waals surface area contributed by atoms with E-state index in [0.717, 1.165) is 31.9 Å². The highest BCUT2D eigenvalue weighted by molar-refractivity contribution is 5.31. The number of rotatable bonds is 5. The standard InChI is InChI=1S/C16H26N2O2/c1-4-14-11-18(8-9-20-14)16(12(2)17)13-6-5-7-15(10-13)19-3/h5-7,10,12,14,16H,4,8-9,11,17H2,1-3H3. The third kappa shape index (κ3) is 3.51. The van der Waals surface area contributed by atoms with Gasteiger partial charge in [-0.05, 0) is 31.0 Å². The van der Waals surface area contributed by atoms with Crippen LogP contribution in [0.4, 0.5) is 0 Å². The molecule has 4 nitrogen and oxygen atoms in total. The molecular weight excluding hydrogens is 252 g/mol. The van der Waals surface area contributed by atoms with Crippen molar-refractivity contribution in [2.75, 3.05) is 26.8 Å². The molecule has 20 heavy (non-hydrogen) atoms. The second kappa shape index (κ2) is 7.07. The molecule has 1 aliphatic rings. The maximum Gasteiger partial charge on any atom is 0.119 e. The number of hydrogen-bond donors (Lipinski definition) is 1. The number of ether oxygens (including phenoxy) is 2. The molecule has 0 spiro atoms. The van der Waals surface area contributed by atoms with Crippen LogP contribution in [0.15, 0.2) is 24.3 Å². The number of methoxy groups -OCH3 is 1. The number of hydrogen-bond acceptors (Lipinski definition) is 4.